The van der Waals surface area contributed by atoms with Crippen LogP contribution in [0.25, 0.3) is 10.9 Å². The summed E-state index contributed by atoms with van der Waals surface area (Å²) in [6.07, 6.45) is 0. The van der Waals surface area contributed by atoms with Crippen LogP contribution in [-0.4, -0.2) is 23.5 Å². The van der Waals surface area contributed by atoms with Gasteiger partial charge in [-0.3, -0.25) is 4.79 Å². The van der Waals surface area contributed by atoms with Gasteiger partial charge in [-0.15, -0.1) is 0 Å². The topological polar surface area (TPSA) is 71.2 Å². The van der Waals surface area contributed by atoms with Gasteiger partial charge in [0.1, 0.15) is 5.69 Å². The van der Waals surface area contributed by atoms with Gasteiger partial charge in [0, 0.05) is 16.6 Å². The fraction of sp³-hybridized carbons (Fsp3) is 0.158. The highest BCUT2D eigenvalue weighted by Crippen LogP contribution is 2.18. The quantitative estimate of drug-likeness (QED) is 0.716. The van der Waals surface area contributed by atoms with Crippen molar-refractivity contribution in [3.8, 4) is 0 Å². The number of hydrogen-bond acceptors (Lipinski definition) is 3. The molecule has 0 fully saturated rings. The van der Waals surface area contributed by atoms with Crippen molar-refractivity contribution in [3.63, 3.8) is 0 Å². The van der Waals surface area contributed by atoms with Gasteiger partial charge >= 0.3 is 5.97 Å². The van der Waals surface area contributed by atoms with Gasteiger partial charge in [-0.2, -0.15) is 0 Å². The molecule has 0 aliphatic carbocycles. The molecule has 0 radical (unpaired) electrons. The first-order chi connectivity index (χ1) is 11.6. The van der Waals surface area contributed by atoms with Crippen LogP contribution in [0.1, 0.15) is 33.3 Å². The van der Waals surface area contributed by atoms with E-state index in [1.807, 2.05) is 31.2 Å². The zero-order valence-electron chi connectivity index (χ0n) is 13.6. The van der Waals surface area contributed by atoms with Crippen molar-refractivity contribution in [2.75, 3.05) is 11.9 Å². The average Bonchev–Trinajstić information content (AvgIpc) is 2.99. The number of rotatable bonds is 4. The Morgan fingerprint density at radius 1 is 1.08 bits per heavy atom. The molecule has 5 nitrogen and oxygen atoms in total. The third kappa shape index (κ3) is 3.30. The number of anilines is 1. The van der Waals surface area contributed by atoms with Crippen molar-refractivity contribution in [2.24, 2.45) is 0 Å². The molecule has 1 heterocycles. The number of carbonyl (C=O) groups is 2. The predicted octanol–water partition coefficient (Wildman–Crippen LogP) is 3.91. The number of carbonyl (C=O) groups excluding carboxylic acids is 2. The van der Waals surface area contributed by atoms with Crippen LogP contribution in [-0.2, 0) is 4.74 Å². The Morgan fingerprint density at radius 3 is 2.54 bits per heavy atom. The lowest BCUT2D eigenvalue weighted by atomic mass is 10.2. The summed E-state index contributed by atoms with van der Waals surface area (Å²) in [6.45, 7) is 4.10. The molecule has 0 spiro atoms. The van der Waals surface area contributed by atoms with E-state index < -0.39 is 0 Å². The monoisotopic (exact) mass is 322 g/mol. The summed E-state index contributed by atoms with van der Waals surface area (Å²) >= 11 is 0. The Bertz CT molecular complexity index is 895. The highest BCUT2D eigenvalue weighted by atomic mass is 16.5. The lowest BCUT2D eigenvalue weighted by Gasteiger charge is -2.05. The zero-order chi connectivity index (χ0) is 17.1. The van der Waals surface area contributed by atoms with Crippen LogP contribution in [0.2, 0.25) is 0 Å². The number of aromatic amines is 1. The van der Waals surface area contributed by atoms with Gasteiger partial charge in [0.25, 0.3) is 5.91 Å². The number of esters is 1. The molecule has 0 aliphatic rings. The molecule has 0 unspecified atom stereocenters. The fourth-order valence-corrected chi connectivity index (χ4v) is 2.48. The van der Waals surface area contributed by atoms with E-state index in [0.29, 0.717) is 23.6 Å². The molecule has 0 aliphatic heterocycles. The molecular formula is C19H18N2O3. The van der Waals surface area contributed by atoms with Crippen LogP contribution >= 0.6 is 0 Å². The van der Waals surface area contributed by atoms with Crippen LogP contribution in [0.5, 0.6) is 0 Å². The predicted molar refractivity (Wildman–Crippen MR) is 93.4 cm³/mol. The molecule has 0 saturated heterocycles. The number of H-pyrrole nitrogens is 1. The van der Waals surface area contributed by atoms with E-state index in [1.54, 1.807) is 31.2 Å². The molecule has 1 aromatic heterocycles. The van der Waals surface area contributed by atoms with Gasteiger partial charge in [0.15, 0.2) is 0 Å². The van der Waals surface area contributed by atoms with Crippen molar-refractivity contribution in [1.82, 2.24) is 4.98 Å². The Morgan fingerprint density at radius 2 is 1.83 bits per heavy atom. The van der Waals surface area contributed by atoms with Gasteiger partial charge in [0.05, 0.1) is 12.2 Å². The molecule has 24 heavy (non-hydrogen) atoms. The molecule has 3 aromatic rings. The van der Waals surface area contributed by atoms with E-state index in [9.17, 15) is 9.59 Å². The van der Waals surface area contributed by atoms with Crippen molar-refractivity contribution >= 4 is 28.5 Å². The van der Waals surface area contributed by atoms with Crippen LogP contribution in [0.4, 0.5) is 5.69 Å². The van der Waals surface area contributed by atoms with E-state index in [0.717, 1.165) is 16.5 Å². The fourth-order valence-electron chi connectivity index (χ4n) is 2.48. The molecular weight excluding hydrogens is 304 g/mol. The van der Waals surface area contributed by atoms with Crippen LogP contribution in [0.3, 0.4) is 0 Å². The second-order valence-electron chi connectivity index (χ2n) is 5.53. The van der Waals surface area contributed by atoms with E-state index in [-0.39, 0.29) is 11.9 Å². The Labute approximate surface area is 139 Å². The molecule has 122 valence electrons. The Balaban J connectivity index is 1.74. The van der Waals surface area contributed by atoms with Gasteiger partial charge < -0.3 is 15.0 Å². The third-order valence-electron chi connectivity index (χ3n) is 3.67. The summed E-state index contributed by atoms with van der Waals surface area (Å²) in [7, 11) is 0. The number of aromatic nitrogens is 1. The lowest BCUT2D eigenvalue weighted by molar-refractivity contribution is 0.0526. The number of benzene rings is 2. The second-order valence-corrected chi connectivity index (χ2v) is 5.53. The number of hydrogen-bond donors (Lipinski definition) is 2. The van der Waals surface area contributed by atoms with E-state index in [1.165, 1.54) is 0 Å². The number of aryl methyl sites for hydroxylation is 1. The first-order valence-electron chi connectivity index (χ1n) is 7.74. The standard InChI is InChI=1S/C19H18N2O3/c1-3-24-19(23)13-5-7-15(8-6-13)20-18(22)17-11-14-10-12(2)4-9-16(14)21-17/h4-11,21H,3H2,1-2H3,(H,20,22). The van der Waals surface area contributed by atoms with Gasteiger partial charge in [-0.05, 0) is 56.3 Å². The van der Waals surface area contributed by atoms with Gasteiger partial charge in [-0.25, -0.2) is 4.79 Å². The summed E-state index contributed by atoms with van der Waals surface area (Å²) in [6, 6.07) is 14.4. The average molecular weight is 322 g/mol. The maximum Gasteiger partial charge on any atom is 0.338 e. The zero-order valence-corrected chi connectivity index (χ0v) is 13.6. The smallest absolute Gasteiger partial charge is 0.338 e. The Hall–Kier alpha value is -3.08. The van der Waals surface area contributed by atoms with Gasteiger partial charge in [-0.1, -0.05) is 11.6 Å². The molecule has 1 amide bonds. The molecule has 5 heteroatoms. The minimum absolute atomic E-state index is 0.229. The largest absolute Gasteiger partial charge is 0.462 e. The first kappa shape index (κ1) is 15.8. The maximum atomic E-state index is 12.4. The van der Waals surface area contributed by atoms with E-state index >= 15 is 0 Å². The van der Waals surface area contributed by atoms with E-state index in [4.69, 9.17) is 4.74 Å². The summed E-state index contributed by atoms with van der Waals surface area (Å²) in [5, 5.41) is 3.81. The first-order valence-corrected chi connectivity index (χ1v) is 7.74. The normalized spacial score (nSPS) is 10.6. The lowest BCUT2D eigenvalue weighted by Crippen LogP contribution is -2.12. The van der Waals surface area contributed by atoms with Crippen molar-refractivity contribution in [2.45, 2.75) is 13.8 Å². The number of nitrogens with one attached hydrogen (secondary N) is 2. The summed E-state index contributed by atoms with van der Waals surface area (Å²) in [5.74, 6) is -0.603. The third-order valence-corrected chi connectivity index (χ3v) is 3.67. The van der Waals surface area contributed by atoms with Crippen LogP contribution in [0, 0.1) is 6.92 Å². The molecule has 2 N–H and O–H groups in total. The van der Waals surface area contributed by atoms with Crippen molar-refractivity contribution in [3.05, 3.63) is 65.4 Å². The second kappa shape index (κ2) is 6.58. The summed E-state index contributed by atoms with van der Waals surface area (Å²) in [5.41, 5.74) is 3.62. The number of amides is 1. The maximum absolute atomic E-state index is 12.4. The van der Waals surface area contributed by atoms with E-state index in [2.05, 4.69) is 10.3 Å². The minimum Gasteiger partial charge on any atom is -0.462 e. The molecule has 0 saturated carbocycles. The SMILES string of the molecule is CCOC(=O)c1ccc(NC(=O)c2cc3cc(C)ccc3[nH]2)cc1. The molecule has 3 rings (SSSR count). The molecule has 2 aromatic carbocycles. The molecule has 0 atom stereocenters. The van der Waals surface area contributed by atoms with Crippen molar-refractivity contribution in [1.29, 1.82) is 0 Å². The van der Waals surface area contributed by atoms with Crippen LogP contribution in [0.15, 0.2) is 48.5 Å². The highest BCUT2D eigenvalue weighted by Gasteiger charge is 2.11. The summed E-state index contributed by atoms with van der Waals surface area (Å²) in [4.78, 5) is 27.1. The van der Waals surface area contributed by atoms with Crippen LogP contribution < -0.4 is 5.32 Å². The number of ether oxygens (including phenoxy) is 1. The van der Waals surface area contributed by atoms with Gasteiger partial charge in [0.2, 0.25) is 0 Å². The number of fused-ring (bicyclic) bond motifs is 1. The minimum atomic E-state index is -0.374. The van der Waals surface area contributed by atoms with Crippen molar-refractivity contribution < 1.29 is 14.3 Å². The summed E-state index contributed by atoms with van der Waals surface area (Å²) < 4.78 is 4.93. The highest BCUT2D eigenvalue weighted by molar-refractivity contribution is 6.06. The Kier molecular flexibility index (Phi) is 4.33. The molecule has 0 bridgehead atoms.